The summed E-state index contributed by atoms with van der Waals surface area (Å²) in [4.78, 5) is 11.4. The van der Waals surface area contributed by atoms with Crippen LogP contribution in [0.2, 0.25) is 0 Å². The summed E-state index contributed by atoms with van der Waals surface area (Å²) in [6.07, 6.45) is 8.67. The molecule has 0 aromatic rings. The third-order valence-electron chi connectivity index (χ3n) is 3.08. The van der Waals surface area contributed by atoms with Gasteiger partial charge in [0.05, 0.1) is 0 Å². The van der Waals surface area contributed by atoms with Crippen molar-refractivity contribution in [3.63, 3.8) is 0 Å². The van der Waals surface area contributed by atoms with Gasteiger partial charge in [0.2, 0.25) is 5.91 Å². The molecule has 4 heteroatoms. The molecular formula is C11H19ClN2O. The standard InChI is InChI=1S/C11H18N2O.ClH/c14-11(5-4-9-2-1-3-9)13-10-6-7-12-8-10;/h4-5,9-10,12H,1-3,6-8H2,(H,13,14);1H/b5-4+;. The first kappa shape index (κ1) is 12.5. The number of nitrogens with one attached hydrogen (secondary N) is 2. The van der Waals surface area contributed by atoms with Gasteiger partial charge in [-0.3, -0.25) is 4.79 Å². The first-order chi connectivity index (χ1) is 6.84. The Labute approximate surface area is 97.1 Å². The van der Waals surface area contributed by atoms with Gasteiger partial charge in [0, 0.05) is 12.6 Å². The molecule has 1 unspecified atom stereocenters. The first-order valence-electron chi connectivity index (χ1n) is 5.54. The van der Waals surface area contributed by atoms with Gasteiger partial charge in [-0.25, -0.2) is 0 Å². The van der Waals surface area contributed by atoms with E-state index in [1.807, 2.05) is 0 Å². The minimum atomic E-state index is 0. The summed E-state index contributed by atoms with van der Waals surface area (Å²) >= 11 is 0. The van der Waals surface area contributed by atoms with E-state index in [-0.39, 0.29) is 18.3 Å². The van der Waals surface area contributed by atoms with Crippen LogP contribution in [0.1, 0.15) is 25.7 Å². The molecule has 1 amide bonds. The molecular weight excluding hydrogens is 212 g/mol. The molecule has 1 saturated heterocycles. The lowest BCUT2D eigenvalue weighted by Crippen LogP contribution is -2.35. The van der Waals surface area contributed by atoms with Crippen LogP contribution < -0.4 is 10.6 Å². The Hall–Kier alpha value is -0.540. The number of hydrogen-bond acceptors (Lipinski definition) is 2. The predicted molar refractivity (Wildman–Crippen MR) is 63.1 cm³/mol. The molecule has 2 aliphatic rings. The second kappa shape index (κ2) is 6.13. The van der Waals surface area contributed by atoms with E-state index in [2.05, 4.69) is 16.7 Å². The minimum Gasteiger partial charge on any atom is -0.349 e. The zero-order valence-electron chi connectivity index (χ0n) is 8.87. The van der Waals surface area contributed by atoms with E-state index in [4.69, 9.17) is 0 Å². The number of carbonyl (C=O) groups is 1. The molecule has 1 aliphatic carbocycles. The summed E-state index contributed by atoms with van der Waals surface area (Å²) in [5.74, 6) is 0.744. The predicted octanol–water partition coefficient (Wildman–Crippen LogP) is 1.24. The van der Waals surface area contributed by atoms with Crippen LogP contribution in [0.4, 0.5) is 0 Å². The third-order valence-corrected chi connectivity index (χ3v) is 3.08. The Balaban J connectivity index is 0.00000112. The molecule has 3 nitrogen and oxygen atoms in total. The van der Waals surface area contributed by atoms with Crippen molar-refractivity contribution in [2.75, 3.05) is 13.1 Å². The molecule has 1 atom stereocenters. The van der Waals surface area contributed by atoms with Crippen LogP contribution in [0.15, 0.2) is 12.2 Å². The molecule has 1 aliphatic heterocycles. The summed E-state index contributed by atoms with van der Waals surface area (Å²) < 4.78 is 0. The fraction of sp³-hybridized carbons (Fsp3) is 0.727. The zero-order chi connectivity index (χ0) is 9.80. The molecule has 2 rings (SSSR count). The molecule has 0 aromatic heterocycles. The van der Waals surface area contributed by atoms with E-state index in [0.717, 1.165) is 19.5 Å². The van der Waals surface area contributed by atoms with Crippen LogP contribution >= 0.6 is 12.4 Å². The van der Waals surface area contributed by atoms with Gasteiger partial charge in [-0.05, 0) is 37.8 Å². The largest absolute Gasteiger partial charge is 0.349 e. The molecule has 0 spiro atoms. The fourth-order valence-electron chi connectivity index (χ4n) is 1.88. The topological polar surface area (TPSA) is 41.1 Å². The normalized spacial score (nSPS) is 26.0. The number of halogens is 1. The van der Waals surface area contributed by atoms with E-state index in [1.54, 1.807) is 6.08 Å². The highest BCUT2D eigenvalue weighted by Gasteiger charge is 2.16. The Bertz CT molecular complexity index is 233. The summed E-state index contributed by atoms with van der Waals surface area (Å²) in [5.41, 5.74) is 0. The second-order valence-corrected chi connectivity index (χ2v) is 4.25. The number of rotatable bonds is 3. The fourth-order valence-corrected chi connectivity index (χ4v) is 1.88. The van der Waals surface area contributed by atoms with Crippen molar-refractivity contribution in [2.24, 2.45) is 5.92 Å². The molecule has 86 valence electrons. The van der Waals surface area contributed by atoms with Crippen LogP contribution in [0.25, 0.3) is 0 Å². The SMILES string of the molecule is Cl.O=C(/C=C/C1CCC1)NC1CCNC1. The van der Waals surface area contributed by atoms with Gasteiger partial charge in [0.15, 0.2) is 0 Å². The van der Waals surface area contributed by atoms with Crippen molar-refractivity contribution < 1.29 is 4.79 Å². The Morgan fingerprint density at radius 1 is 1.33 bits per heavy atom. The molecule has 15 heavy (non-hydrogen) atoms. The average molecular weight is 231 g/mol. The lowest BCUT2D eigenvalue weighted by atomic mass is 9.85. The van der Waals surface area contributed by atoms with Crippen LogP contribution in [-0.4, -0.2) is 25.0 Å². The van der Waals surface area contributed by atoms with Gasteiger partial charge in [-0.15, -0.1) is 12.4 Å². The maximum Gasteiger partial charge on any atom is 0.243 e. The summed E-state index contributed by atoms with van der Waals surface area (Å²) in [6, 6.07) is 0.341. The van der Waals surface area contributed by atoms with Gasteiger partial charge in [0.25, 0.3) is 0 Å². The monoisotopic (exact) mass is 230 g/mol. The molecule has 2 N–H and O–H groups in total. The average Bonchev–Trinajstić information content (AvgIpc) is 2.54. The van der Waals surface area contributed by atoms with Crippen molar-refractivity contribution in [1.82, 2.24) is 10.6 Å². The quantitative estimate of drug-likeness (QED) is 0.717. The third kappa shape index (κ3) is 3.84. The van der Waals surface area contributed by atoms with E-state index in [0.29, 0.717) is 12.0 Å². The Morgan fingerprint density at radius 3 is 2.67 bits per heavy atom. The van der Waals surface area contributed by atoms with Gasteiger partial charge >= 0.3 is 0 Å². The summed E-state index contributed by atoms with van der Waals surface area (Å²) in [7, 11) is 0. The molecule has 0 bridgehead atoms. The lowest BCUT2D eigenvalue weighted by Gasteiger charge is -2.21. The molecule has 1 saturated carbocycles. The van der Waals surface area contributed by atoms with Gasteiger partial charge in [-0.1, -0.05) is 12.5 Å². The van der Waals surface area contributed by atoms with E-state index in [1.165, 1.54) is 19.3 Å². The van der Waals surface area contributed by atoms with Crippen LogP contribution in [-0.2, 0) is 4.79 Å². The number of hydrogen-bond donors (Lipinski definition) is 2. The smallest absolute Gasteiger partial charge is 0.243 e. The number of carbonyl (C=O) groups excluding carboxylic acids is 1. The molecule has 1 heterocycles. The second-order valence-electron chi connectivity index (χ2n) is 4.25. The zero-order valence-corrected chi connectivity index (χ0v) is 9.69. The maximum atomic E-state index is 11.4. The van der Waals surface area contributed by atoms with Crippen molar-refractivity contribution in [3.8, 4) is 0 Å². The highest BCUT2D eigenvalue weighted by atomic mass is 35.5. The van der Waals surface area contributed by atoms with Crippen LogP contribution in [0.3, 0.4) is 0 Å². The number of allylic oxidation sites excluding steroid dienone is 1. The molecule has 0 radical (unpaired) electrons. The van der Waals surface area contributed by atoms with Gasteiger partial charge in [0.1, 0.15) is 0 Å². The van der Waals surface area contributed by atoms with Gasteiger partial charge < -0.3 is 10.6 Å². The van der Waals surface area contributed by atoms with Crippen molar-refractivity contribution in [1.29, 1.82) is 0 Å². The molecule has 0 aromatic carbocycles. The van der Waals surface area contributed by atoms with E-state index >= 15 is 0 Å². The molecule has 2 fully saturated rings. The van der Waals surface area contributed by atoms with E-state index < -0.39 is 0 Å². The van der Waals surface area contributed by atoms with Crippen LogP contribution in [0.5, 0.6) is 0 Å². The Morgan fingerprint density at radius 2 is 2.13 bits per heavy atom. The Kier molecular flexibility index (Phi) is 5.12. The van der Waals surface area contributed by atoms with Crippen LogP contribution in [0, 0.1) is 5.92 Å². The first-order valence-corrected chi connectivity index (χ1v) is 5.54. The van der Waals surface area contributed by atoms with Gasteiger partial charge in [-0.2, -0.15) is 0 Å². The highest BCUT2D eigenvalue weighted by Crippen LogP contribution is 2.27. The summed E-state index contributed by atoms with van der Waals surface area (Å²) in [6.45, 7) is 1.94. The van der Waals surface area contributed by atoms with Crippen molar-refractivity contribution in [3.05, 3.63) is 12.2 Å². The van der Waals surface area contributed by atoms with Crippen molar-refractivity contribution in [2.45, 2.75) is 31.7 Å². The van der Waals surface area contributed by atoms with Crippen molar-refractivity contribution >= 4 is 18.3 Å². The van der Waals surface area contributed by atoms with E-state index in [9.17, 15) is 4.79 Å². The lowest BCUT2D eigenvalue weighted by molar-refractivity contribution is -0.117. The minimum absolute atomic E-state index is 0. The summed E-state index contributed by atoms with van der Waals surface area (Å²) in [5, 5.41) is 6.22. The number of amides is 1. The maximum absolute atomic E-state index is 11.4. The highest BCUT2D eigenvalue weighted by molar-refractivity contribution is 5.87.